The van der Waals surface area contributed by atoms with Gasteiger partial charge < -0.3 is 20.5 Å². The Morgan fingerprint density at radius 2 is 1.77 bits per heavy atom. The van der Waals surface area contributed by atoms with E-state index in [4.69, 9.17) is 15.2 Å². The van der Waals surface area contributed by atoms with Gasteiger partial charge in [-0.3, -0.25) is 4.79 Å². The van der Waals surface area contributed by atoms with Gasteiger partial charge in [0.25, 0.3) is 0 Å². The van der Waals surface area contributed by atoms with Gasteiger partial charge in [0.15, 0.2) is 0 Å². The van der Waals surface area contributed by atoms with Crippen LogP contribution in [0, 0.1) is 0 Å². The fourth-order valence-electron chi connectivity index (χ4n) is 2.22. The highest BCUT2D eigenvalue weighted by Gasteiger charge is 2.25. The topological polar surface area (TPSA) is 73.6 Å². The average Bonchev–Trinajstić information content (AvgIpc) is 2.57. The van der Waals surface area contributed by atoms with E-state index in [0.29, 0.717) is 26.0 Å². The van der Waals surface area contributed by atoms with E-state index in [1.165, 1.54) is 0 Å². The molecule has 0 aliphatic carbocycles. The van der Waals surface area contributed by atoms with Crippen LogP contribution in [0.25, 0.3) is 0 Å². The lowest BCUT2D eigenvalue weighted by Crippen LogP contribution is -2.52. The van der Waals surface area contributed by atoms with Crippen molar-refractivity contribution in [3.05, 3.63) is 24.3 Å². The zero-order valence-corrected chi connectivity index (χ0v) is 13.9. The van der Waals surface area contributed by atoms with E-state index in [0.717, 1.165) is 24.3 Å². The van der Waals surface area contributed by atoms with Crippen LogP contribution in [0.1, 0.15) is 39.5 Å². The molecule has 22 heavy (non-hydrogen) atoms. The Labute approximate surface area is 133 Å². The predicted octanol–water partition coefficient (Wildman–Crippen LogP) is 2.49. The smallest absolute Gasteiger partial charge is 0.220 e. The summed E-state index contributed by atoms with van der Waals surface area (Å²) in [6, 6.07) is 7.40. The minimum Gasteiger partial charge on any atom is -0.497 e. The zero-order valence-electron chi connectivity index (χ0n) is 13.9. The van der Waals surface area contributed by atoms with Gasteiger partial charge in [-0.1, -0.05) is 13.8 Å². The molecule has 5 nitrogen and oxygen atoms in total. The quantitative estimate of drug-likeness (QED) is 0.651. The summed E-state index contributed by atoms with van der Waals surface area (Å²) < 4.78 is 10.7. The van der Waals surface area contributed by atoms with Crippen molar-refractivity contribution in [1.82, 2.24) is 5.32 Å². The Morgan fingerprint density at radius 1 is 1.18 bits per heavy atom. The molecule has 0 aliphatic rings. The molecule has 0 bridgehead atoms. The second kappa shape index (κ2) is 9.30. The molecule has 0 heterocycles. The van der Waals surface area contributed by atoms with Crippen LogP contribution in [0.5, 0.6) is 11.5 Å². The van der Waals surface area contributed by atoms with Crippen molar-refractivity contribution >= 4 is 5.91 Å². The van der Waals surface area contributed by atoms with E-state index in [1.54, 1.807) is 7.11 Å². The van der Waals surface area contributed by atoms with E-state index >= 15 is 0 Å². The van der Waals surface area contributed by atoms with E-state index < -0.39 is 0 Å². The first-order valence-electron chi connectivity index (χ1n) is 7.87. The minimum atomic E-state index is -0.270. The molecular weight excluding hydrogens is 280 g/mol. The van der Waals surface area contributed by atoms with Crippen molar-refractivity contribution in [1.29, 1.82) is 0 Å². The molecule has 0 atom stereocenters. The van der Waals surface area contributed by atoms with Crippen molar-refractivity contribution in [2.24, 2.45) is 5.73 Å². The van der Waals surface area contributed by atoms with Gasteiger partial charge >= 0.3 is 0 Å². The van der Waals surface area contributed by atoms with Gasteiger partial charge in [-0.05, 0) is 43.5 Å². The first-order chi connectivity index (χ1) is 10.6. The summed E-state index contributed by atoms with van der Waals surface area (Å²) in [7, 11) is 1.63. The number of nitrogens with two attached hydrogens (primary N) is 1. The van der Waals surface area contributed by atoms with Gasteiger partial charge in [-0.25, -0.2) is 0 Å². The third kappa shape index (κ3) is 5.56. The molecule has 0 unspecified atom stereocenters. The average molecular weight is 308 g/mol. The lowest BCUT2D eigenvalue weighted by Gasteiger charge is -2.31. The summed E-state index contributed by atoms with van der Waals surface area (Å²) in [6.45, 7) is 5.06. The van der Waals surface area contributed by atoms with Crippen molar-refractivity contribution in [2.45, 2.75) is 45.1 Å². The number of hydrogen-bond acceptors (Lipinski definition) is 4. The number of methoxy groups -OCH3 is 1. The molecule has 0 saturated heterocycles. The second-order valence-corrected chi connectivity index (χ2v) is 5.37. The molecule has 0 aliphatic heterocycles. The number of carbonyl (C=O) groups excluding carboxylic acids is 1. The zero-order chi connectivity index (χ0) is 16.4. The third-order valence-electron chi connectivity index (χ3n) is 4.03. The molecule has 0 radical (unpaired) electrons. The minimum absolute atomic E-state index is 0.0347. The van der Waals surface area contributed by atoms with E-state index in [1.807, 2.05) is 38.1 Å². The molecule has 124 valence electrons. The highest BCUT2D eigenvalue weighted by molar-refractivity contribution is 5.76. The van der Waals surface area contributed by atoms with Crippen LogP contribution in [0.3, 0.4) is 0 Å². The maximum absolute atomic E-state index is 12.0. The van der Waals surface area contributed by atoms with Gasteiger partial charge in [-0.15, -0.1) is 0 Å². The number of hydrogen-bond donors (Lipinski definition) is 2. The first-order valence-corrected chi connectivity index (χ1v) is 7.87. The third-order valence-corrected chi connectivity index (χ3v) is 4.03. The summed E-state index contributed by atoms with van der Waals surface area (Å²) in [5.41, 5.74) is 5.51. The van der Waals surface area contributed by atoms with Crippen LogP contribution in [-0.4, -0.2) is 31.7 Å². The highest BCUT2D eigenvalue weighted by atomic mass is 16.5. The molecule has 0 saturated carbocycles. The van der Waals surface area contributed by atoms with Gasteiger partial charge in [0.2, 0.25) is 5.91 Å². The Hall–Kier alpha value is -1.75. The second-order valence-electron chi connectivity index (χ2n) is 5.37. The van der Waals surface area contributed by atoms with Crippen LogP contribution < -0.4 is 20.5 Å². The molecule has 0 fully saturated rings. The SMILES string of the molecule is CCC(CC)(CN)NC(=O)CCCOc1ccc(OC)cc1. The number of amides is 1. The number of nitrogens with one attached hydrogen (secondary N) is 1. The van der Waals surface area contributed by atoms with E-state index in [2.05, 4.69) is 5.32 Å². The Kier molecular flexibility index (Phi) is 7.74. The Bertz CT molecular complexity index is 433. The molecule has 0 aromatic heterocycles. The molecule has 1 aromatic carbocycles. The lowest BCUT2D eigenvalue weighted by atomic mass is 9.92. The van der Waals surface area contributed by atoms with Crippen molar-refractivity contribution < 1.29 is 14.3 Å². The maximum atomic E-state index is 12.0. The summed E-state index contributed by atoms with van der Waals surface area (Å²) in [5, 5.41) is 3.06. The van der Waals surface area contributed by atoms with Gasteiger partial charge in [-0.2, -0.15) is 0 Å². The van der Waals surface area contributed by atoms with Gasteiger partial charge in [0.05, 0.1) is 19.3 Å². The van der Waals surface area contributed by atoms with Crippen molar-refractivity contribution in [2.75, 3.05) is 20.3 Å². The maximum Gasteiger partial charge on any atom is 0.220 e. The molecule has 5 heteroatoms. The summed E-state index contributed by atoms with van der Waals surface area (Å²) >= 11 is 0. The molecule has 1 amide bonds. The van der Waals surface area contributed by atoms with Crippen LogP contribution in [0.2, 0.25) is 0 Å². The monoisotopic (exact) mass is 308 g/mol. The largest absolute Gasteiger partial charge is 0.497 e. The number of benzene rings is 1. The van der Waals surface area contributed by atoms with Crippen LogP contribution in [0.15, 0.2) is 24.3 Å². The molecule has 1 aromatic rings. The molecule has 1 rings (SSSR count). The summed E-state index contributed by atoms with van der Waals surface area (Å²) in [5.74, 6) is 1.61. The Balaban J connectivity index is 2.29. The highest BCUT2D eigenvalue weighted by Crippen LogP contribution is 2.17. The van der Waals surface area contributed by atoms with Crippen LogP contribution >= 0.6 is 0 Å². The normalized spacial score (nSPS) is 11.1. The predicted molar refractivity (Wildman–Crippen MR) is 88.2 cm³/mol. The summed E-state index contributed by atoms with van der Waals surface area (Å²) in [4.78, 5) is 12.0. The first kappa shape index (κ1) is 18.3. The van der Waals surface area contributed by atoms with Crippen molar-refractivity contribution in [3.63, 3.8) is 0 Å². The van der Waals surface area contributed by atoms with Crippen LogP contribution in [-0.2, 0) is 4.79 Å². The molecule has 0 spiro atoms. The van der Waals surface area contributed by atoms with E-state index in [-0.39, 0.29) is 11.4 Å². The summed E-state index contributed by atoms with van der Waals surface area (Å²) in [6.07, 6.45) is 2.80. The van der Waals surface area contributed by atoms with Gasteiger partial charge in [0.1, 0.15) is 11.5 Å². The standard InChI is InChI=1S/C17H28N2O3/c1-4-17(5-2,13-18)19-16(20)7-6-12-22-15-10-8-14(21-3)9-11-15/h8-11H,4-7,12-13,18H2,1-3H3,(H,19,20). The van der Waals surface area contributed by atoms with E-state index in [9.17, 15) is 4.79 Å². The fourth-order valence-corrected chi connectivity index (χ4v) is 2.22. The van der Waals surface area contributed by atoms with Gasteiger partial charge in [0, 0.05) is 13.0 Å². The fraction of sp³-hybridized carbons (Fsp3) is 0.588. The Morgan fingerprint density at radius 3 is 2.27 bits per heavy atom. The molecular formula is C17H28N2O3. The van der Waals surface area contributed by atoms with Crippen molar-refractivity contribution in [3.8, 4) is 11.5 Å². The number of rotatable bonds is 10. The molecule has 3 N–H and O–H groups in total. The number of carbonyl (C=O) groups is 1. The van der Waals surface area contributed by atoms with Crippen LogP contribution in [0.4, 0.5) is 0 Å². The lowest BCUT2D eigenvalue weighted by molar-refractivity contribution is -0.123. The number of ether oxygens (including phenoxy) is 2.